The summed E-state index contributed by atoms with van der Waals surface area (Å²) in [5.74, 6) is 1.19. The number of hydrogen-bond donors (Lipinski definition) is 1. The summed E-state index contributed by atoms with van der Waals surface area (Å²) in [4.78, 5) is 2.25. The summed E-state index contributed by atoms with van der Waals surface area (Å²) in [5.41, 5.74) is 1.03. The van der Waals surface area contributed by atoms with Crippen LogP contribution in [0.5, 0.6) is 5.75 Å². The maximum Gasteiger partial charge on any atom is 0.142 e. The summed E-state index contributed by atoms with van der Waals surface area (Å²) in [6.45, 7) is 2.11. The summed E-state index contributed by atoms with van der Waals surface area (Å²) in [5, 5.41) is 9.97. The van der Waals surface area contributed by atoms with E-state index in [0.717, 1.165) is 37.4 Å². The first-order chi connectivity index (χ1) is 8.24. The van der Waals surface area contributed by atoms with E-state index in [1.807, 2.05) is 18.2 Å². The Bertz CT molecular complexity index is 384. The molecule has 94 valence electrons. The molecule has 1 N–H and O–H groups in total. The van der Waals surface area contributed by atoms with Gasteiger partial charge in [-0.3, -0.25) is 0 Å². The third-order valence-corrected chi connectivity index (χ3v) is 3.49. The average molecular weight is 256 g/mol. The van der Waals surface area contributed by atoms with E-state index in [1.54, 1.807) is 7.11 Å². The van der Waals surface area contributed by atoms with E-state index in [1.165, 1.54) is 0 Å². The third kappa shape index (κ3) is 2.85. The molecule has 1 aromatic rings. The topological polar surface area (TPSA) is 32.7 Å². The number of ether oxygens (including phenoxy) is 1. The minimum absolute atomic E-state index is 0.249. The maximum absolute atomic E-state index is 9.25. The fraction of sp³-hybridized carbons (Fsp3) is 0.538. The van der Waals surface area contributed by atoms with Gasteiger partial charge in [-0.15, -0.1) is 0 Å². The molecular weight excluding hydrogens is 238 g/mol. The van der Waals surface area contributed by atoms with E-state index in [2.05, 4.69) is 4.90 Å². The van der Waals surface area contributed by atoms with Gasteiger partial charge in [0.15, 0.2) is 0 Å². The minimum atomic E-state index is 0.249. The molecule has 1 saturated heterocycles. The molecule has 0 saturated carbocycles. The molecule has 0 aliphatic carbocycles. The van der Waals surface area contributed by atoms with Crippen molar-refractivity contribution in [2.45, 2.75) is 12.8 Å². The third-order valence-electron chi connectivity index (χ3n) is 3.26. The Morgan fingerprint density at radius 3 is 3.06 bits per heavy atom. The van der Waals surface area contributed by atoms with Gasteiger partial charge in [0.25, 0.3) is 0 Å². The second kappa shape index (κ2) is 5.61. The molecule has 2 rings (SSSR count). The van der Waals surface area contributed by atoms with Gasteiger partial charge in [0, 0.05) is 24.7 Å². The lowest BCUT2D eigenvalue weighted by Crippen LogP contribution is -2.36. The van der Waals surface area contributed by atoms with Crippen molar-refractivity contribution in [3.8, 4) is 5.75 Å². The Balaban J connectivity index is 2.22. The van der Waals surface area contributed by atoms with Gasteiger partial charge >= 0.3 is 0 Å². The summed E-state index contributed by atoms with van der Waals surface area (Å²) in [6.07, 6.45) is 2.19. The van der Waals surface area contributed by atoms with Gasteiger partial charge in [-0.05, 0) is 37.0 Å². The fourth-order valence-electron chi connectivity index (χ4n) is 2.34. The van der Waals surface area contributed by atoms with Crippen LogP contribution in [-0.2, 0) is 0 Å². The zero-order valence-electron chi connectivity index (χ0n) is 10.0. The molecule has 1 atom stereocenters. The first-order valence-corrected chi connectivity index (χ1v) is 6.31. The van der Waals surface area contributed by atoms with E-state index in [0.29, 0.717) is 10.9 Å². The van der Waals surface area contributed by atoms with Gasteiger partial charge in [-0.25, -0.2) is 0 Å². The quantitative estimate of drug-likeness (QED) is 0.901. The van der Waals surface area contributed by atoms with Gasteiger partial charge in [-0.2, -0.15) is 0 Å². The van der Waals surface area contributed by atoms with Crippen molar-refractivity contribution in [1.29, 1.82) is 0 Å². The molecule has 17 heavy (non-hydrogen) atoms. The Morgan fingerprint density at radius 1 is 1.53 bits per heavy atom. The molecule has 3 nitrogen and oxygen atoms in total. The van der Waals surface area contributed by atoms with Gasteiger partial charge in [0.05, 0.1) is 12.8 Å². The molecule has 1 aliphatic heterocycles. The zero-order chi connectivity index (χ0) is 12.3. The van der Waals surface area contributed by atoms with Crippen LogP contribution in [-0.4, -0.2) is 31.9 Å². The number of nitrogens with zero attached hydrogens (tertiary/aromatic N) is 1. The highest BCUT2D eigenvalue weighted by Crippen LogP contribution is 2.33. The monoisotopic (exact) mass is 255 g/mol. The number of methoxy groups -OCH3 is 1. The number of aliphatic hydroxyl groups excluding tert-OH is 1. The Kier molecular flexibility index (Phi) is 4.13. The van der Waals surface area contributed by atoms with Gasteiger partial charge < -0.3 is 14.7 Å². The summed E-state index contributed by atoms with van der Waals surface area (Å²) < 4.78 is 5.36. The van der Waals surface area contributed by atoms with Crippen LogP contribution in [0.15, 0.2) is 18.2 Å². The molecule has 0 spiro atoms. The number of benzene rings is 1. The summed E-state index contributed by atoms with van der Waals surface area (Å²) in [6, 6.07) is 5.65. The molecule has 1 aliphatic rings. The second-order valence-corrected chi connectivity index (χ2v) is 4.89. The molecular formula is C13H18ClNO2. The maximum atomic E-state index is 9.25. The first kappa shape index (κ1) is 12.5. The zero-order valence-corrected chi connectivity index (χ0v) is 10.8. The van der Waals surface area contributed by atoms with E-state index < -0.39 is 0 Å². The lowest BCUT2D eigenvalue weighted by molar-refractivity contribution is 0.208. The molecule has 1 aromatic carbocycles. The lowest BCUT2D eigenvalue weighted by atomic mass is 9.98. The average Bonchev–Trinajstić information content (AvgIpc) is 2.39. The number of rotatable bonds is 3. The molecule has 0 aromatic heterocycles. The van der Waals surface area contributed by atoms with Crippen molar-refractivity contribution in [2.75, 3.05) is 31.7 Å². The number of halogens is 1. The van der Waals surface area contributed by atoms with Crippen LogP contribution in [0.3, 0.4) is 0 Å². The largest absolute Gasteiger partial charge is 0.495 e. The van der Waals surface area contributed by atoms with Gasteiger partial charge in [0.2, 0.25) is 0 Å². The van der Waals surface area contributed by atoms with Crippen molar-refractivity contribution >= 4 is 17.3 Å². The SMILES string of the molecule is COc1ccc(Cl)cc1N1CCCC(CO)C1. The Morgan fingerprint density at radius 2 is 2.35 bits per heavy atom. The molecule has 1 heterocycles. The van der Waals surface area contributed by atoms with Crippen LogP contribution < -0.4 is 9.64 Å². The first-order valence-electron chi connectivity index (χ1n) is 5.94. The van der Waals surface area contributed by atoms with Crippen molar-refractivity contribution < 1.29 is 9.84 Å². The summed E-state index contributed by atoms with van der Waals surface area (Å²) in [7, 11) is 1.67. The standard InChI is InChI=1S/C13H18ClNO2/c1-17-13-5-4-11(14)7-12(13)15-6-2-3-10(8-15)9-16/h4-5,7,10,16H,2-3,6,8-9H2,1H3. The van der Waals surface area contributed by atoms with E-state index in [-0.39, 0.29) is 6.61 Å². The highest BCUT2D eigenvalue weighted by molar-refractivity contribution is 6.30. The molecule has 1 unspecified atom stereocenters. The fourth-order valence-corrected chi connectivity index (χ4v) is 2.51. The number of anilines is 1. The number of hydrogen-bond acceptors (Lipinski definition) is 3. The number of aliphatic hydroxyl groups is 1. The predicted molar refractivity (Wildman–Crippen MR) is 70.0 cm³/mol. The van der Waals surface area contributed by atoms with Crippen molar-refractivity contribution in [3.63, 3.8) is 0 Å². The normalized spacial score (nSPS) is 20.4. The molecule has 0 bridgehead atoms. The lowest BCUT2D eigenvalue weighted by Gasteiger charge is -2.34. The number of piperidine rings is 1. The van der Waals surface area contributed by atoms with Crippen LogP contribution in [0, 0.1) is 5.92 Å². The Labute approximate surface area is 107 Å². The predicted octanol–water partition coefficient (Wildman–Crippen LogP) is 2.56. The van der Waals surface area contributed by atoms with E-state index >= 15 is 0 Å². The van der Waals surface area contributed by atoms with Crippen LogP contribution in [0.2, 0.25) is 5.02 Å². The smallest absolute Gasteiger partial charge is 0.142 e. The van der Waals surface area contributed by atoms with Gasteiger partial charge in [0.1, 0.15) is 5.75 Å². The minimum Gasteiger partial charge on any atom is -0.495 e. The highest BCUT2D eigenvalue weighted by Gasteiger charge is 2.21. The van der Waals surface area contributed by atoms with Crippen LogP contribution in [0.4, 0.5) is 5.69 Å². The van der Waals surface area contributed by atoms with E-state index in [9.17, 15) is 5.11 Å². The van der Waals surface area contributed by atoms with Crippen molar-refractivity contribution in [2.24, 2.45) is 5.92 Å². The molecule has 0 radical (unpaired) electrons. The van der Waals surface area contributed by atoms with E-state index in [4.69, 9.17) is 16.3 Å². The van der Waals surface area contributed by atoms with Crippen molar-refractivity contribution in [3.05, 3.63) is 23.2 Å². The molecule has 4 heteroatoms. The Hall–Kier alpha value is -0.930. The molecule has 1 fully saturated rings. The van der Waals surface area contributed by atoms with Crippen LogP contribution >= 0.6 is 11.6 Å². The molecule has 0 amide bonds. The van der Waals surface area contributed by atoms with Gasteiger partial charge in [-0.1, -0.05) is 11.6 Å². The summed E-state index contributed by atoms with van der Waals surface area (Å²) >= 11 is 6.03. The van der Waals surface area contributed by atoms with Crippen LogP contribution in [0.1, 0.15) is 12.8 Å². The van der Waals surface area contributed by atoms with Crippen LogP contribution in [0.25, 0.3) is 0 Å². The second-order valence-electron chi connectivity index (χ2n) is 4.45. The highest BCUT2D eigenvalue weighted by atomic mass is 35.5. The van der Waals surface area contributed by atoms with Crippen molar-refractivity contribution in [1.82, 2.24) is 0 Å².